The second-order valence-electron chi connectivity index (χ2n) is 6.85. The molecule has 4 nitrogen and oxygen atoms in total. The van der Waals surface area contributed by atoms with Crippen LogP contribution in [0.4, 0.5) is 0 Å². The van der Waals surface area contributed by atoms with Crippen LogP contribution >= 0.6 is 0 Å². The van der Waals surface area contributed by atoms with E-state index < -0.39 is 0 Å². The lowest BCUT2D eigenvalue weighted by atomic mass is 9.94. The Morgan fingerprint density at radius 1 is 1.00 bits per heavy atom. The number of amides is 1. The zero-order valence-corrected chi connectivity index (χ0v) is 14.8. The average molecular weight is 331 g/mol. The molecule has 1 unspecified atom stereocenters. The lowest BCUT2D eigenvalue weighted by Gasteiger charge is -2.35. The van der Waals surface area contributed by atoms with Crippen LogP contribution in [0.1, 0.15) is 39.8 Å². The molecule has 0 N–H and O–H groups in total. The molecule has 4 rings (SSSR count). The summed E-state index contributed by atoms with van der Waals surface area (Å²) in [6.45, 7) is 6.67. The van der Waals surface area contributed by atoms with E-state index in [9.17, 15) is 4.79 Å². The van der Waals surface area contributed by atoms with Gasteiger partial charge in [0.15, 0.2) is 0 Å². The van der Waals surface area contributed by atoms with Gasteiger partial charge in [-0.1, -0.05) is 24.3 Å². The molecule has 1 amide bonds. The van der Waals surface area contributed by atoms with E-state index in [-0.39, 0.29) is 11.9 Å². The summed E-state index contributed by atoms with van der Waals surface area (Å²) in [6, 6.07) is 14.2. The van der Waals surface area contributed by atoms with Crippen LogP contribution in [-0.4, -0.2) is 26.8 Å². The first-order valence-electron chi connectivity index (χ1n) is 8.65. The summed E-state index contributed by atoms with van der Waals surface area (Å²) in [4.78, 5) is 24.2. The van der Waals surface area contributed by atoms with E-state index in [1.807, 2.05) is 43.0 Å². The number of hydrogen-bond acceptors (Lipinski definition) is 3. The third kappa shape index (κ3) is 2.78. The highest BCUT2D eigenvalue weighted by Crippen LogP contribution is 2.25. The first kappa shape index (κ1) is 15.8. The summed E-state index contributed by atoms with van der Waals surface area (Å²) in [5.74, 6) is 0.0592. The summed E-state index contributed by atoms with van der Waals surface area (Å²) < 4.78 is 0. The van der Waals surface area contributed by atoms with Crippen LogP contribution in [0.15, 0.2) is 42.5 Å². The number of nitrogens with zero attached hydrogens (tertiary/aromatic N) is 3. The summed E-state index contributed by atoms with van der Waals surface area (Å²) in [5, 5.41) is 0. The molecule has 0 fully saturated rings. The zero-order chi connectivity index (χ0) is 17.6. The van der Waals surface area contributed by atoms with Crippen molar-refractivity contribution in [1.29, 1.82) is 0 Å². The molecule has 0 bridgehead atoms. The van der Waals surface area contributed by atoms with Gasteiger partial charge in [0.1, 0.15) is 0 Å². The molecule has 0 radical (unpaired) electrons. The SMILES string of the molecule is Cc1nc2ccc(C(=O)N3Cc4ccccc4CC3C)cc2nc1C. The molecule has 1 aromatic heterocycles. The van der Waals surface area contributed by atoms with E-state index in [1.54, 1.807) is 0 Å². The highest BCUT2D eigenvalue weighted by atomic mass is 16.2. The Hall–Kier alpha value is -2.75. The monoisotopic (exact) mass is 331 g/mol. The lowest BCUT2D eigenvalue weighted by Crippen LogP contribution is -2.42. The first-order valence-corrected chi connectivity index (χ1v) is 8.65. The highest BCUT2D eigenvalue weighted by molar-refractivity contribution is 5.97. The Kier molecular flexibility index (Phi) is 3.75. The van der Waals surface area contributed by atoms with Gasteiger partial charge in [-0.25, -0.2) is 9.97 Å². The largest absolute Gasteiger partial charge is 0.331 e. The third-order valence-electron chi connectivity index (χ3n) is 5.09. The fourth-order valence-electron chi connectivity index (χ4n) is 3.48. The van der Waals surface area contributed by atoms with Crippen molar-refractivity contribution < 1.29 is 4.79 Å². The van der Waals surface area contributed by atoms with Gasteiger partial charge >= 0.3 is 0 Å². The Labute approximate surface area is 147 Å². The van der Waals surface area contributed by atoms with E-state index >= 15 is 0 Å². The minimum Gasteiger partial charge on any atom is -0.331 e. The molecule has 0 saturated heterocycles. The molecule has 1 atom stereocenters. The molecule has 4 heteroatoms. The summed E-state index contributed by atoms with van der Waals surface area (Å²) in [6.07, 6.45) is 0.896. The average Bonchev–Trinajstić information content (AvgIpc) is 2.61. The minimum absolute atomic E-state index is 0.0592. The molecule has 0 aliphatic carbocycles. The molecular weight excluding hydrogens is 310 g/mol. The van der Waals surface area contributed by atoms with Gasteiger partial charge in [-0.3, -0.25) is 4.79 Å². The number of carbonyl (C=O) groups excluding carboxylic acids is 1. The fraction of sp³-hybridized carbons (Fsp3) is 0.286. The van der Waals surface area contributed by atoms with E-state index in [0.717, 1.165) is 28.8 Å². The van der Waals surface area contributed by atoms with Crippen LogP contribution in [0.25, 0.3) is 11.0 Å². The van der Waals surface area contributed by atoms with Crippen molar-refractivity contribution in [2.75, 3.05) is 0 Å². The molecule has 1 aliphatic rings. The molecular formula is C21H21N3O. The fourth-order valence-corrected chi connectivity index (χ4v) is 3.48. The van der Waals surface area contributed by atoms with Crippen LogP contribution in [0.5, 0.6) is 0 Å². The number of aromatic nitrogens is 2. The van der Waals surface area contributed by atoms with Crippen LogP contribution in [0.2, 0.25) is 0 Å². The van der Waals surface area contributed by atoms with Crippen molar-refractivity contribution in [3.63, 3.8) is 0 Å². The van der Waals surface area contributed by atoms with Gasteiger partial charge < -0.3 is 4.90 Å². The smallest absolute Gasteiger partial charge is 0.254 e. The number of rotatable bonds is 1. The second-order valence-corrected chi connectivity index (χ2v) is 6.85. The van der Waals surface area contributed by atoms with Crippen LogP contribution in [0, 0.1) is 13.8 Å². The van der Waals surface area contributed by atoms with Crippen molar-refractivity contribution in [2.45, 2.75) is 39.8 Å². The molecule has 3 aromatic rings. The van der Waals surface area contributed by atoms with Crippen LogP contribution < -0.4 is 0 Å². The van der Waals surface area contributed by atoms with Crippen molar-refractivity contribution in [2.24, 2.45) is 0 Å². The molecule has 2 heterocycles. The molecule has 126 valence electrons. The molecule has 1 aliphatic heterocycles. The van der Waals surface area contributed by atoms with Crippen LogP contribution in [0.3, 0.4) is 0 Å². The van der Waals surface area contributed by atoms with Crippen molar-refractivity contribution in [1.82, 2.24) is 14.9 Å². The van der Waals surface area contributed by atoms with Gasteiger partial charge in [-0.05, 0) is 56.5 Å². The van der Waals surface area contributed by atoms with Crippen LogP contribution in [-0.2, 0) is 13.0 Å². The molecule has 2 aromatic carbocycles. The molecule has 25 heavy (non-hydrogen) atoms. The second kappa shape index (κ2) is 5.96. The van der Waals surface area contributed by atoms with E-state index in [0.29, 0.717) is 12.1 Å². The van der Waals surface area contributed by atoms with Gasteiger partial charge in [0, 0.05) is 18.2 Å². The van der Waals surface area contributed by atoms with Gasteiger partial charge in [0.05, 0.1) is 22.4 Å². The predicted octanol–water partition coefficient (Wildman–Crippen LogP) is 3.83. The minimum atomic E-state index is 0.0592. The first-order chi connectivity index (χ1) is 12.0. The Balaban J connectivity index is 1.69. The van der Waals surface area contributed by atoms with Crippen molar-refractivity contribution in [3.05, 3.63) is 70.5 Å². The third-order valence-corrected chi connectivity index (χ3v) is 5.09. The normalized spacial score (nSPS) is 16.8. The highest BCUT2D eigenvalue weighted by Gasteiger charge is 2.27. The van der Waals surface area contributed by atoms with E-state index in [2.05, 4.69) is 35.1 Å². The molecule has 0 spiro atoms. The Bertz CT molecular complexity index is 980. The van der Waals surface area contributed by atoms with Crippen molar-refractivity contribution >= 4 is 16.9 Å². The standard InChI is InChI=1S/C21H21N3O/c1-13-10-16-6-4-5-7-18(16)12-24(13)21(25)17-8-9-19-20(11-17)23-15(3)14(2)22-19/h4-9,11,13H,10,12H2,1-3H3. The lowest BCUT2D eigenvalue weighted by molar-refractivity contribution is 0.0658. The molecule has 0 saturated carbocycles. The maximum atomic E-state index is 13.1. The van der Waals surface area contributed by atoms with E-state index in [1.165, 1.54) is 11.1 Å². The number of fused-ring (bicyclic) bond motifs is 2. The number of benzene rings is 2. The Morgan fingerprint density at radius 2 is 1.68 bits per heavy atom. The summed E-state index contributed by atoms with van der Waals surface area (Å²) in [5.41, 5.74) is 6.69. The predicted molar refractivity (Wildman–Crippen MR) is 98.5 cm³/mol. The number of carbonyl (C=O) groups is 1. The zero-order valence-electron chi connectivity index (χ0n) is 14.8. The number of aryl methyl sites for hydroxylation is 2. The quantitative estimate of drug-likeness (QED) is 0.681. The van der Waals surface area contributed by atoms with Gasteiger partial charge in [-0.15, -0.1) is 0 Å². The maximum absolute atomic E-state index is 13.1. The number of hydrogen-bond donors (Lipinski definition) is 0. The summed E-state index contributed by atoms with van der Waals surface area (Å²) >= 11 is 0. The van der Waals surface area contributed by atoms with E-state index in [4.69, 9.17) is 0 Å². The maximum Gasteiger partial charge on any atom is 0.254 e. The topological polar surface area (TPSA) is 46.1 Å². The van der Waals surface area contributed by atoms with Crippen molar-refractivity contribution in [3.8, 4) is 0 Å². The van der Waals surface area contributed by atoms with Gasteiger partial charge in [0.2, 0.25) is 0 Å². The van der Waals surface area contributed by atoms with Gasteiger partial charge in [-0.2, -0.15) is 0 Å². The van der Waals surface area contributed by atoms with Gasteiger partial charge in [0.25, 0.3) is 5.91 Å². The summed E-state index contributed by atoms with van der Waals surface area (Å²) in [7, 11) is 0. The Morgan fingerprint density at radius 3 is 2.44 bits per heavy atom.